The van der Waals surface area contributed by atoms with E-state index in [9.17, 15) is 14.4 Å². The van der Waals surface area contributed by atoms with Crippen molar-refractivity contribution in [2.75, 3.05) is 24.5 Å². The van der Waals surface area contributed by atoms with Crippen LogP contribution in [0.15, 0.2) is 54.6 Å². The molecule has 2 aliphatic heterocycles. The molecule has 0 saturated carbocycles. The van der Waals surface area contributed by atoms with Crippen LogP contribution >= 0.6 is 0 Å². The molecular formula is C26H29N3O3. The van der Waals surface area contributed by atoms with Crippen molar-refractivity contribution in [2.45, 2.75) is 38.6 Å². The number of benzene rings is 2. The molecule has 166 valence electrons. The van der Waals surface area contributed by atoms with Crippen LogP contribution in [-0.2, 0) is 9.59 Å². The summed E-state index contributed by atoms with van der Waals surface area (Å²) in [7, 11) is 0. The fourth-order valence-electron chi connectivity index (χ4n) is 4.29. The Morgan fingerprint density at radius 1 is 1.00 bits per heavy atom. The van der Waals surface area contributed by atoms with E-state index in [1.54, 1.807) is 11.0 Å². The van der Waals surface area contributed by atoms with Crippen LogP contribution in [0.5, 0.6) is 0 Å². The first-order valence-electron chi connectivity index (χ1n) is 11.3. The molecule has 2 fully saturated rings. The largest absolute Gasteiger partial charge is 0.349 e. The zero-order chi connectivity index (χ0) is 22.5. The molecule has 3 amide bonds. The molecule has 2 heterocycles. The normalized spacial score (nSPS) is 17.2. The first-order chi connectivity index (χ1) is 15.5. The van der Waals surface area contributed by atoms with Crippen LogP contribution in [0, 0.1) is 6.92 Å². The van der Waals surface area contributed by atoms with Crippen LogP contribution in [0.1, 0.15) is 47.2 Å². The fraction of sp³-hybridized carbons (Fsp3) is 0.346. The molecule has 2 saturated heterocycles. The van der Waals surface area contributed by atoms with Crippen molar-refractivity contribution in [3.8, 4) is 0 Å². The summed E-state index contributed by atoms with van der Waals surface area (Å²) in [5, 5.41) is 3.10. The molecule has 6 nitrogen and oxygen atoms in total. The van der Waals surface area contributed by atoms with Gasteiger partial charge in [0.05, 0.1) is 0 Å². The molecular weight excluding hydrogens is 402 g/mol. The summed E-state index contributed by atoms with van der Waals surface area (Å²) < 4.78 is 0. The van der Waals surface area contributed by atoms with Gasteiger partial charge in [-0.2, -0.15) is 0 Å². The average molecular weight is 432 g/mol. The third-order valence-corrected chi connectivity index (χ3v) is 6.23. The molecule has 6 heteroatoms. The number of nitrogens with zero attached hydrogens (tertiary/aromatic N) is 2. The van der Waals surface area contributed by atoms with E-state index in [0.29, 0.717) is 25.1 Å². The predicted molar refractivity (Wildman–Crippen MR) is 125 cm³/mol. The molecule has 0 radical (unpaired) electrons. The number of amides is 3. The van der Waals surface area contributed by atoms with Gasteiger partial charge >= 0.3 is 0 Å². The van der Waals surface area contributed by atoms with Crippen molar-refractivity contribution in [3.05, 3.63) is 71.3 Å². The minimum atomic E-state index is -0.0492. The van der Waals surface area contributed by atoms with Crippen LogP contribution in [0.4, 0.5) is 5.69 Å². The highest BCUT2D eigenvalue weighted by Crippen LogP contribution is 2.22. The van der Waals surface area contributed by atoms with Gasteiger partial charge in [-0.05, 0) is 61.6 Å². The summed E-state index contributed by atoms with van der Waals surface area (Å²) in [5.41, 5.74) is 3.50. The Morgan fingerprint density at radius 3 is 2.38 bits per heavy atom. The number of aryl methyl sites for hydroxylation is 1. The second-order valence-corrected chi connectivity index (χ2v) is 8.46. The van der Waals surface area contributed by atoms with Gasteiger partial charge < -0.3 is 15.1 Å². The van der Waals surface area contributed by atoms with Crippen molar-refractivity contribution in [1.82, 2.24) is 10.2 Å². The second-order valence-electron chi connectivity index (χ2n) is 8.46. The number of hydrogen-bond acceptors (Lipinski definition) is 3. The second kappa shape index (κ2) is 9.81. The number of piperidine rings is 1. The van der Waals surface area contributed by atoms with Crippen LogP contribution in [0.2, 0.25) is 0 Å². The van der Waals surface area contributed by atoms with E-state index >= 15 is 0 Å². The Balaban J connectivity index is 1.26. The lowest BCUT2D eigenvalue weighted by Crippen LogP contribution is -2.46. The van der Waals surface area contributed by atoms with Crippen LogP contribution < -0.4 is 10.2 Å². The summed E-state index contributed by atoms with van der Waals surface area (Å²) in [6, 6.07) is 15.4. The number of carbonyl (C=O) groups is 3. The quantitative estimate of drug-likeness (QED) is 0.736. The van der Waals surface area contributed by atoms with E-state index in [0.717, 1.165) is 42.6 Å². The van der Waals surface area contributed by atoms with Gasteiger partial charge in [0, 0.05) is 49.4 Å². The Morgan fingerprint density at radius 2 is 1.72 bits per heavy atom. The molecule has 2 aromatic carbocycles. The molecule has 0 spiro atoms. The van der Waals surface area contributed by atoms with E-state index in [-0.39, 0.29) is 23.8 Å². The molecule has 0 atom stereocenters. The van der Waals surface area contributed by atoms with E-state index in [4.69, 9.17) is 0 Å². The molecule has 4 rings (SSSR count). The smallest absolute Gasteiger partial charge is 0.251 e. The fourth-order valence-corrected chi connectivity index (χ4v) is 4.29. The molecule has 2 aliphatic rings. The highest BCUT2D eigenvalue weighted by molar-refractivity contribution is 5.96. The van der Waals surface area contributed by atoms with Crippen molar-refractivity contribution < 1.29 is 14.4 Å². The summed E-state index contributed by atoms with van der Waals surface area (Å²) >= 11 is 0. The number of rotatable bonds is 5. The van der Waals surface area contributed by atoms with Crippen molar-refractivity contribution in [3.63, 3.8) is 0 Å². The lowest BCUT2D eigenvalue weighted by atomic mass is 10.0. The number of anilines is 1. The van der Waals surface area contributed by atoms with Crippen LogP contribution in [-0.4, -0.2) is 48.3 Å². The number of likely N-dealkylation sites (tertiary alicyclic amines) is 1. The Kier molecular flexibility index (Phi) is 6.69. The topological polar surface area (TPSA) is 69.7 Å². The Labute approximate surface area is 188 Å². The Bertz CT molecular complexity index is 1020. The first-order valence-corrected chi connectivity index (χ1v) is 11.3. The van der Waals surface area contributed by atoms with Gasteiger partial charge in [-0.15, -0.1) is 0 Å². The zero-order valence-electron chi connectivity index (χ0n) is 18.4. The van der Waals surface area contributed by atoms with E-state index in [1.807, 2.05) is 66.4 Å². The summed E-state index contributed by atoms with van der Waals surface area (Å²) in [6.45, 7) is 3.95. The molecule has 0 aliphatic carbocycles. The number of nitrogens with one attached hydrogen (secondary N) is 1. The molecule has 0 unspecified atom stereocenters. The SMILES string of the molecule is Cc1ccccc1C(=O)NC1CCN(C(=O)/C=C/c2ccc(N3CCCC3=O)cc2)CC1. The number of hydrogen-bond donors (Lipinski definition) is 1. The summed E-state index contributed by atoms with van der Waals surface area (Å²) in [6.07, 6.45) is 6.42. The summed E-state index contributed by atoms with van der Waals surface area (Å²) in [4.78, 5) is 40.6. The first kappa shape index (κ1) is 21.8. The minimum Gasteiger partial charge on any atom is -0.349 e. The molecule has 2 aromatic rings. The molecule has 1 N–H and O–H groups in total. The standard InChI is InChI=1S/C26H29N3O3/c1-19-5-2-3-6-23(19)26(32)27-21-14-17-28(18-15-21)24(30)13-10-20-8-11-22(12-9-20)29-16-4-7-25(29)31/h2-3,5-6,8-13,21H,4,7,14-18H2,1H3,(H,27,32)/b13-10+. The monoisotopic (exact) mass is 431 g/mol. The molecule has 32 heavy (non-hydrogen) atoms. The maximum atomic E-state index is 12.6. The van der Waals surface area contributed by atoms with Gasteiger partial charge in [-0.25, -0.2) is 0 Å². The number of carbonyl (C=O) groups excluding carboxylic acids is 3. The predicted octanol–water partition coefficient (Wildman–Crippen LogP) is 3.56. The van der Waals surface area contributed by atoms with Gasteiger partial charge in [0.15, 0.2) is 0 Å². The minimum absolute atomic E-state index is 0.0209. The maximum Gasteiger partial charge on any atom is 0.251 e. The van der Waals surface area contributed by atoms with E-state index in [2.05, 4.69) is 5.32 Å². The van der Waals surface area contributed by atoms with Gasteiger partial charge in [-0.1, -0.05) is 30.3 Å². The Hall–Kier alpha value is -3.41. The lowest BCUT2D eigenvalue weighted by molar-refractivity contribution is -0.127. The zero-order valence-corrected chi connectivity index (χ0v) is 18.4. The van der Waals surface area contributed by atoms with Gasteiger partial charge in [-0.3, -0.25) is 14.4 Å². The van der Waals surface area contributed by atoms with E-state index < -0.39 is 0 Å². The van der Waals surface area contributed by atoms with Crippen molar-refractivity contribution >= 4 is 29.5 Å². The average Bonchev–Trinajstić information content (AvgIpc) is 3.24. The van der Waals surface area contributed by atoms with E-state index in [1.165, 1.54) is 0 Å². The highest BCUT2D eigenvalue weighted by atomic mass is 16.2. The van der Waals surface area contributed by atoms with Crippen LogP contribution in [0.25, 0.3) is 6.08 Å². The third-order valence-electron chi connectivity index (χ3n) is 6.23. The van der Waals surface area contributed by atoms with Crippen molar-refractivity contribution in [1.29, 1.82) is 0 Å². The van der Waals surface area contributed by atoms with Gasteiger partial charge in [0.2, 0.25) is 11.8 Å². The third kappa shape index (κ3) is 5.07. The summed E-state index contributed by atoms with van der Waals surface area (Å²) in [5.74, 6) is 0.0984. The molecule has 0 aromatic heterocycles. The van der Waals surface area contributed by atoms with Crippen LogP contribution in [0.3, 0.4) is 0 Å². The highest BCUT2D eigenvalue weighted by Gasteiger charge is 2.24. The van der Waals surface area contributed by atoms with Gasteiger partial charge in [0.25, 0.3) is 5.91 Å². The molecule has 0 bridgehead atoms. The lowest BCUT2D eigenvalue weighted by Gasteiger charge is -2.31. The maximum absolute atomic E-state index is 12.6. The van der Waals surface area contributed by atoms with Crippen molar-refractivity contribution in [2.24, 2.45) is 0 Å². The van der Waals surface area contributed by atoms with Gasteiger partial charge in [0.1, 0.15) is 0 Å².